The molecule has 1 aliphatic rings. The number of para-hydroxylation sites is 1. The lowest BCUT2D eigenvalue weighted by Crippen LogP contribution is -2.72. The smallest absolute Gasteiger partial charge is 0.212 e. The van der Waals surface area contributed by atoms with Gasteiger partial charge in [-0.05, 0) is 70.7 Å². The molecule has 48 heavy (non-hydrogen) atoms. The minimum Gasteiger partial charge on any atom is -0.374 e. The first kappa shape index (κ1) is 35.1. The summed E-state index contributed by atoms with van der Waals surface area (Å²) in [5, 5.41) is 3.34. The Labute approximate surface area is 295 Å². The van der Waals surface area contributed by atoms with E-state index in [9.17, 15) is 0 Å². The average molecular weight is 673 g/mol. The molecule has 246 valence electrons. The van der Waals surface area contributed by atoms with Crippen molar-refractivity contribution in [2.75, 3.05) is 55.5 Å². The number of hydrogen-bond acceptors (Lipinski definition) is 4. The highest BCUT2D eigenvalue weighted by molar-refractivity contribution is 8.76. The van der Waals surface area contributed by atoms with Gasteiger partial charge in [-0.3, -0.25) is 0 Å². The van der Waals surface area contributed by atoms with Gasteiger partial charge in [0.1, 0.15) is 7.05 Å². The predicted molar refractivity (Wildman–Crippen MR) is 214 cm³/mol. The molecule has 0 saturated heterocycles. The Morgan fingerprint density at radius 1 is 0.771 bits per heavy atom. The van der Waals surface area contributed by atoms with Gasteiger partial charge in [-0.25, -0.2) is 4.57 Å². The van der Waals surface area contributed by atoms with Crippen LogP contribution in [0.1, 0.15) is 23.1 Å². The zero-order chi connectivity index (χ0) is 33.6. The number of allylic oxidation sites excluding steroid dienone is 8. The second-order valence-corrected chi connectivity index (χ2v) is 14.6. The Balaban J connectivity index is 1.02. The number of hydrogen-bond donors (Lipinski definition) is 1. The van der Waals surface area contributed by atoms with Crippen molar-refractivity contribution in [3.8, 4) is 0 Å². The van der Waals surface area contributed by atoms with E-state index in [0.717, 1.165) is 31.0 Å². The van der Waals surface area contributed by atoms with Crippen LogP contribution in [-0.4, -0.2) is 45.7 Å². The monoisotopic (exact) mass is 672 g/mol. The molecule has 0 spiro atoms. The fourth-order valence-electron chi connectivity index (χ4n) is 5.51. The van der Waals surface area contributed by atoms with Crippen LogP contribution in [0.4, 0.5) is 11.4 Å². The molecule has 6 heteroatoms. The standard InChI is InChI=1S/C42H47N4S2/c1-43-28-26-37(36-10-6-5-7-11-36)20-14-34-16-22-39(23-17-34)44(2)30-32-47-48-33-31-45(3)40-24-18-35(19-25-40)15-21-38-27-29-46(4)42-13-9-8-12-41(38)42/h5-10,12-29,43H,11,30-33H2,1-4H3/q+1/p+1. The maximum Gasteiger partial charge on any atom is 0.212 e. The van der Waals surface area contributed by atoms with Crippen molar-refractivity contribution in [2.45, 2.75) is 6.42 Å². The summed E-state index contributed by atoms with van der Waals surface area (Å²) in [6.45, 7) is 2.03. The number of quaternary nitrogens is 1. The number of aryl methyl sites for hydroxylation is 1. The van der Waals surface area contributed by atoms with Crippen LogP contribution in [0, 0.1) is 0 Å². The van der Waals surface area contributed by atoms with Gasteiger partial charge < -0.3 is 15.1 Å². The summed E-state index contributed by atoms with van der Waals surface area (Å²) >= 11 is 0. The van der Waals surface area contributed by atoms with Gasteiger partial charge in [0.2, 0.25) is 5.52 Å². The van der Waals surface area contributed by atoms with Crippen LogP contribution in [0.3, 0.4) is 0 Å². The van der Waals surface area contributed by atoms with Crippen LogP contribution in [-0.2, 0) is 7.05 Å². The van der Waals surface area contributed by atoms with Gasteiger partial charge in [-0.15, -0.1) is 0 Å². The maximum absolute atomic E-state index is 2.34. The van der Waals surface area contributed by atoms with Gasteiger partial charge in [-0.1, -0.05) is 107 Å². The number of nitrogens with two attached hydrogens (primary N) is 1. The third-order valence-corrected chi connectivity index (χ3v) is 10.8. The molecule has 5 rings (SSSR count). The maximum atomic E-state index is 2.34. The lowest BCUT2D eigenvalue weighted by molar-refractivity contribution is -0.644. The molecule has 1 heterocycles. The summed E-state index contributed by atoms with van der Waals surface area (Å²) in [4.78, 5) is 4.69. The number of fused-ring (bicyclic) bond motifs is 1. The number of nitrogens with zero attached hydrogens (tertiary/aromatic N) is 3. The SMILES string of the molecule is C[NH2+]C=CC(C=Cc1ccc(N(C)CCSSCCN(C)c2ccc(C=Cc3cc[n+](C)c4ccccc34)cc2)cc1)=C1C=CC=CC1. The first-order valence-electron chi connectivity index (χ1n) is 16.6. The zero-order valence-electron chi connectivity index (χ0n) is 28.6. The van der Waals surface area contributed by atoms with Gasteiger partial charge >= 0.3 is 0 Å². The lowest BCUT2D eigenvalue weighted by atomic mass is 10.00. The molecule has 0 fully saturated rings. The molecule has 0 aliphatic heterocycles. The van der Waals surface area contributed by atoms with Crippen molar-refractivity contribution in [2.24, 2.45) is 7.05 Å². The lowest BCUT2D eigenvalue weighted by Gasteiger charge is -2.20. The molecule has 0 radical (unpaired) electrons. The molecule has 2 N–H and O–H groups in total. The molecule has 1 aromatic heterocycles. The van der Waals surface area contributed by atoms with E-state index < -0.39 is 0 Å². The molecule has 0 bridgehead atoms. The third-order valence-electron chi connectivity index (χ3n) is 8.48. The minimum absolute atomic E-state index is 0.973. The molecule has 1 aliphatic carbocycles. The quantitative estimate of drug-likeness (QED) is 0.0781. The third kappa shape index (κ3) is 10.1. The molecular weight excluding hydrogens is 625 g/mol. The van der Waals surface area contributed by atoms with Crippen molar-refractivity contribution in [3.63, 3.8) is 0 Å². The highest BCUT2D eigenvalue weighted by Crippen LogP contribution is 2.25. The van der Waals surface area contributed by atoms with Crippen molar-refractivity contribution < 1.29 is 9.88 Å². The van der Waals surface area contributed by atoms with E-state index in [-0.39, 0.29) is 0 Å². The normalized spacial score (nSPS) is 14.2. The summed E-state index contributed by atoms with van der Waals surface area (Å²) in [6.07, 6.45) is 24.9. The van der Waals surface area contributed by atoms with Gasteiger partial charge in [0.15, 0.2) is 6.20 Å². The number of rotatable bonds is 15. The van der Waals surface area contributed by atoms with Gasteiger partial charge in [0, 0.05) is 62.2 Å². The average Bonchev–Trinajstić information content (AvgIpc) is 3.13. The summed E-state index contributed by atoms with van der Waals surface area (Å²) in [5.41, 5.74) is 9.99. The van der Waals surface area contributed by atoms with Crippen LogP contribution in [0.5, 0.6) is 0 Å². The number of anilines is 2. The molecule has 0 atom stereocenters. The molecule has 0 unspecified atom stereocenters. The van der Waals surface area contributed by atoms with Gasteiger partial charge in [0.05, 0.1) is 18.6 Å². The van der Waals surface area contributed by atoms with Crippen molar-refractivity contribution in [3.05, 3.63) is 156 Å². The second-order valence-electron chi connectivity index (χ2n) is 11.9. The van der Waals surface area contributed by atoms with E-state index in [1.165, 1.54) is 50.1 Å². The molecule has 4 aromatic rings. The summed E-state index contributed by atoms with van der Waals surface area (Å²) in [5.74, 6) is 2.17. The van der Waals surface area contributed by atoms with Gasteiger partial charge in [0.25, 0.3) is 0 Å². The van der Waals surface area contributed by atoms with E-state index in [0.29, 0.717) is 0 Å². The van der Waals surface area contributed by atoms with Crippen LogP contribution in [0.25, 0.3) is 29.1 Å². The largest absolute Gasteiger partial charge is 0.374 e. The highest BCUT2D eigenvalue weighted by Gasteiger charge is 2.07. The number of aromatic nitrogens is 1. The molecule has 0 amide bonds. The first-order valence-corrected chi connectivity index (χ1v) is 19.1. The molecule has 3 aromatic carbocycles. The fraction of sp³-hybridized carbons (Fsp3) is 0.214. The Morgan fingerprint density at radius 2 is 1.42 bits per heavy atom. The van der Waals surface area contributed by atoms with E-state index in [2.05, 4.69) is 194 Å². The van der Waals surface area contributed by atoms with Crippen LogP contribution < -0.4 is 19.7 Å². The Hall–Kier alpha value is -4.23. The highest BCUT2D eigenvalue weighted by atomic mass is 33.1. The predicted octanol–water partition coefficient (Wildman–Crippen LogP) is 8.32. The minimum atomic E-state index is 0.973. The van der Waals surface area contributed by atoms with E-state index >= 15 is 0 Å². The van der Waals surface area contributed by atoms with Crippen LogP contribution >= 0.6 is 21.6 Å². The van der Waals surface area contributed by atoms with Crippen molar-refractivity contribution in [1.82, 2.24) is 0 Å². The van der Waals surface area contributed by atoms with Crippen molar-refractivity contribution >= 4 is 62.1 Å². The number of pyridine rings is 1. The Bertz CT molecular complexity index is 1820. The molecular formula is C42H48N4S2+2. The number of benzene rings is 3. The first-order chi connectivity index (χ1) is 23.5. The summed E-state index contributed by atoms with van der Waals surface area (Å²) in [7, 11) is 12.4. The Morgan fingerprint density at radius 3 is 2.04 bits per heavy atom. The van der Waals surface area contributed by atoms with Crippen molar-refractivity contribution in [1.29, 1.82) is 0 Å². The van der Waals surface area contributed by atoms with E-state index in [4.69, 9.17) is 0 Å². The van der Waals surface area contributed by atoms with E-state index in [1.54, 1.807) is 0 Å². The zero-order valence-corrected chi connectivity index (χ0v) is 30.3. The molecule has 4 nitrogen and oxygen atoms in total. The summed E-state index contributed by atoms with van der Waals surface area (Å²) < 4.78 is 2.17. The molecule has 0 saturated carbocycles. The summed E-state index contributed by atoms with van der Waals surface area (Å²) in [6, 6.07) is 28.5. The van der Waals surface area contributed by atoms with E-state index in [1.807, 2.05) is 21.6 Å². The second kappa shape index (κ2) is 18.3. The van der Waals surface area contributed by atoms with Crippen LogP contribution in [0.2, 0.25) is 0 Å². The fourth-order valence-corrected chi connectivity index (χ4v) is 7.59. The van der Waals surface area contributed by atoms with Gasteiger partial charge in [-0.2, -0.15) is 0 Å². The Kier molecular flexibility index (Phi) is 13.4. The van der Waals surface area contributed by atoms with Crippen LogP contribution in [0.15, 0.2) is 139 Å². The topological polar surface area (TPSA) is 27.0 Å².